The van der Waals surface area contributed by atoms with Crippen molar-refractivity contribution in [2.75, 3.05) is 5.73 Å². The van der Waals surface area contributed by atoms with Crippen LogP contribution in [0.4, 0.5) is 5.69 Å². The van der Waals surface area contributed by atoms with Crippen LogP contribution >= 0.6 is 0 Å². The molecule has 0 aliphatic carbocycles. The van der Waals surface area contributed by atoms with E-state index < -0.39 is 0 Å². The maximum Gasteiger partial charge on any atom is 0.204 e. The van der Waals surface area contributed by atoms with Crippen LogP contribution in [-0.4, -0.2) is 0 Å². The van der Waals surface area contributed by atoms with Crippen molar-refractivity contribution in [3.8, 4) is 0 Å². The van der Waals surface area contributed by atoms with Gasteiger partial charge in [-0.2, -0.15) is 0 Å². The lowest BCUT2D eigenvalue weighted by molar-refractivity contribution is 1.43. The first-order valence-electron chi connectivity index (χ1n) is 3.48. The molecule has 0 spiro atoms. The Balaban J connectivity index is 3.57. The summed E-state index contributed by atoms with van der Waals surface area (Å²) in [7, 11) is 0. The molecule has 0 radical (unpaired) electrons. The maximum absolute atomic E-state index is 11.2. The molecule has 0 aliphatic heterocycles. The smallest absolute Gasteiger partial charge is 0.204 e. The Morgan fingerprint density at radius 3 is 2.55 bits per heavy atom. The molecule has 1 aromatic carbocycles. The Morgan fingerprint density at radius 1 is 1.27 bits per heavy atom. The topological polar surface area (TPSA) is 43.1 Å². The van der Waals surface area contributed by atoms with E-state index in [0.29, 0.717) is 11.3 Å². The molecule has 0 saturated heterocycles. The molecule has 0 aliphatic rings. The standard InChI is InChI=1S/C9H11NO/c1-6-3-4-7(2)9(11)8(10)5-6/h3-5H,1-2H3,(H2,10,11). The molecule has 0 atom stereocenters. The average molecular weight is 149 g/mol. The van der Waals surface area contributed by atoms with Gasteiger partial charge in [0, 0.05) is 0 Å². The maximum atomic E-state index is 11.2. The fourth-order valence-electron chi connectivity index (χ4n) is 0.919. The summed E-state index contributed by atoms with van der Waals surface area (Å²) in [6.07, 6.45) is 0. The molecule has 1 aromatic rings. The van der Waals surface area contributed by atoms with Crippen molar-refractivity contribution in [3.63, 3.8) is 0 Å². The van der Waals surface area contributed by atoms with Crippen molar-refractivity contribution < 1.29 is 0 Å². The van der Waals surface area contributed by atoms with Gasteiger partial charge in [-0.3, -0.25) is 4.79 Å². The fourth-order valence-corrected chi connectivity index (χ4v) is 0.919. The van der Waals surface area contributed by atoms with Crippen LogP contribution in [0, 0.1) is 13.8 Å². The normalized spacial score (nSPS) is 9.64. The van der Waals surface area contributed by atoms with Crippen molar-refractivity contribution in [3.05, 3.63) is 39.5 Å². The third-order valence-corrected chi connectivity index (χ3v) is 1.60. The molecule has 1 rings (SSSR count). The van der Waals surface area contributed by atoms with Crippen LogP contribution in [0.1, 0.15) is 11.1 Å². The first kappa shape index (κ1) is 7.79. The van der Waals surface area contributed by atoms with Crippen molar-refractivity contribution in [2.45, 2.75) is 13.8 Å². The van der Waals surface area contributed by atoms with E-state index >= 15 is 0 Å². The lowest BCUT2D eigenvalue weighted by atomic mass is 10.3. The number of nitrogen functional groups attached to an aromatic ring is 1. The van der Waals surface area contributed by atoms with E-state index in [9.17, 15) is 4.79 Å². The SMILES string of the molecule is Cc1ccc(C)c(=O)c(N)c1. The van der Waals surface area contributed by atoms with E-state index in [1.807, 2.05) is 13.0 Å². The third-order valence-electron chi connectivity index (χ3n) is 1.60. The first-order chi connectivity index (χ1) is 5.11. The van der Waals surface area contributed by atoms with Crippen molar-refractivity contribution in [1.82, 2.24) is 0 Å². The summed E-state index contributed by atoms with van der Waals surface area (Å²) in [6, 6.07) is 5.36. The number of aryl methyl sites for hydroxylation is 2. The molecule has 0 bridgehead atoms. The summed E-state index contributed by atoms with van der Waals surface area (Å²) in [4.78, 5) is 11.2. The Hall–Kier alpha value is -1.31. The number of rotatable bonds is 0. The van der Waals surface area contributed by atoms with Gasteiger partial charge in [0.1, 0.15) is 0 Å². The largest absolute Gasteiger partial charge is 0.396 e. The number of hydrogen-bond donors (Lipinski definition) is 1. The molecule has 58 valence electrons. The molecule has 2 N–H and O–H groups in total. The van der Waals surface area contributed by atoms with E-state index in [1.54, 1.807) is 19.1 Å². The van der Waals surface area contributed by atoms with Gasteiger partial charge in [-0.1, -0.05) is 12.1 Å². The van der Waals surface area contributed by atoms with Gasteiger partial charge in [0.2, 0.25) is 5.43 Å². The van der Waals surface area contributed by atoms with Gasteiger partial charge in [0.25, 0.3) is 0 Å². The number of anilines is 1. The van der Waals surface area contributed by atoms with E-state index in [-0.39, 0.29) is 5.43 Å². The predicted molar refractivity (Wildman–Crippen MR) is 46.6 cm³/mol. The second-order valence-corrected chi connectivity index (χ2v) is 2.69. The van der Waals surface area contributed by atoms with Gasteiger partial charge < -0.3 is 5.73 Å². The van der Waals surface area contributed by atoms with Gasteiger partial charge in [0.05, 0.1) is 5.69 Å². The summed E-state index contributed by atoms with van der Waals surface area (Å²) in [5, 5.41) is 0. The van der Waals surface area contributed by atoms with Crippen LogP contribution in [0.5, 0.6) is 0 Å². The summed E-state index contributed by atoms with van der Waals surface area (Å²) in [6.45, 7) is 3.67. The lowest BCUT2D eigenvalue weighted by Gasteiger charge is -1.83. The quantitative estimate of drug-likeness (QED) is 0.603. The first-order valence-corrected chi connectivity index (χ1v) is 3.48. The Bertz CT molecular complexity index is 331. The average Bonchev–Trinajstić information content (AvgIpc) is 2.05. The van der Waals surface area contributed by atoms with Gasteiger partial charge in [0.15, 0.2) is 0 Å². The Morgan fingerprint density at radius 2 is 1.91 bits per heavy atom. The van der Waals surface area contributed by atoms with Gasteiger partial charge in [-0.05, 0) is 31.0 Å². The summed E-state index contributed by atoms with van der Waals surface area (Å²) < 4.78 is 0. The van der Waals surface area contributed by atoms with E-state index in [1.165, 1.54) is 0 Å². The Labute approximate surface area is 65.7 Å². The molecule has 0 saturated carbocycles. The molecular formula is C9H11NO. The van der Waals surface area contributed by atoms with Gasteiger partial charge >= 0.3 is 0 Å². The molecule has 2 heteroatoms. The fraction of sp³-hybridized carbons (Fsp3) is 0.222. The minimum absolute atomic E-state index is 0.0712. The van der Waals surface area contributed by atoms with Crippen LogP contribution in [0.3, 0.4) is 0 Å². The van der Waals surface area contributed by atoms with E-state index in [2.05, 4.69) is 0 Å². The molecule has 2 nitrogen and oxygen atoms in total. The zero-order valence-electron chi connectivity index (χ0n) is 6.72. The van der Waals surface area contributed by atoms with Crippen LogP contribution < -0.4 is 11.2 Å². The summed E-state index contributed by atoms with van der Waals surface area (Å²) in [5.41, 5.74) is 7.44. The Kier molecular flexibility index (Phi) is 1.94. The molecule has 0 unspecified atom stereocenters. The highest BCUT2D eigenvalue weighted by Crippen LogP contribution is 2.00. The molecule has 0 aromatic heterocycles. The second kappa shape index (κ2) is 2.74. The van der Waals surface area contributed by atoms with Crippen LogP contribution in [-0.2, 0) is 0 Å². The second-order valence-electron chi connectivity index (χ2n) is 2.69. The number of nitrogens with two attached hydrogens (primary N) is 1. The lowest BCUT2D eigenvalue weighted by Crippen LogP contribution is -2.06. The molecule has 0 amide bonds. The zero-order valence-corrected chi connectivity index (χ0v) is 6.72. The highest BCUT2D eigenvalue weighted by molar-refractivity contribution is 5.41. The van der Waals surface area contributed by atoms with Crippen LogP contribution in [0.25, 0.3) is 0 Å². The number of hydrogen-bond acceptors (Lipinski definition) is 2. The monoisotopic (exact) mass is 149 g/mol. The van der Waals surface area contributed by atoms with Crippen LogP contribution in [0.2, 0.25) is 0 Å². The summed E-state index contributed by atoms with van der Waals surface area (Å²) >= 11 is 0. The van der Waals surface area contributed by atoms with Crippen molar-refractivity contribution in [2.24, 2.45) is 0 Å². The molecular weight excluding hydrogens is 138 g/mol. The molecule has 0 fully saturated rings. The van der Waals surface area contributed by atoms with Crippen molar-refractivity contribution in [1.29, 1.82) is 0 Å². The zero-order chi connectivity index (χ0) is 8.43. The third kappa shape index (κ3) is 1.58. The molecule has 0 heterocycles. The van der Waals surface area contributed by atoms with Gasteiger partial charge in [-0.25, -0.2) is 0 Å². The summed E-state index contributed by atoms with van der Waals surface area (Å²) in [5.74, 6) is 0. The highest BCUT2D eigenvalue weighted by Gasteiger charge is 1.94. The van der Waals surface area contributed by atoms with Crippen molar-refractivity contribution >= 4 is 5.69 Å². The van der Waals surface area contributed by atoms with Gasteiger partial charge in [-0.15, -0.1) is 0 Å². The van der Waals surface area contributed by atoms with E-state index in [0.717, 1.165) is 5.56 Å². The minimum Gasteiger partial charge on any atom is -0.396 e. The van der Waals surface area contributed by atoms with E-state index in [4.69, 9.17) is 5.73 Å². The van der Waals surface area contributed by atoms with Crippen LogP contribution in [0.15, 0.2) is 23.0 Å². The minimum atomic E-state index is -0.0712. The highest BCUT2D eigenvalue weighted by atomic mass is 16.1. The molecule has 11 heavy (non-hydrogen) atoms. The predicted octanol–water partition coefficient (Wildman–Crippen LogP) is 1.25.